The summed E-state index contributed by atoms with van der Waals surface area (Å²) in [6.07, 6.45) is 0.149. The van der Waals surface area contributed by atoms with Gasteiger partial charge in [-0.3, -0.25) is 14.4 Å². The van der Waals surface area contributed by atoms with Crippen molar-refractivity contribution in [2.75, 3.05) is 13.6 Å². The summed E-state index contributed by atoms with van der Waals surface area (Å²) in [5, 5.41) is 9.35. The number of hydrogen-bond donors (Lipinski definition) is 1. The number of aliphatic carboxylic acids is 1. The van der Waals surface area contributed by atoms with Gasteiger partial charge in [0.05, 0.1) is 5.92 Å². The molecule has 21 heavy (non-hydrogen) atoms. The molecule has 1 atom stereocenters. The van der Waals surface area contributed by atoms with E-state index in [2.05, 4.69) is 0 Å². The van der Waals surface area contributed by atoms with Gasteiger partial charge in [-0.25, -0.2) is 0 Å². The fourth-order valence-electron chi connectivity index (χ4n) is 1.78. The molecule has 0 aliphatic rings. The van der Waals surface area contributed by atoms with Gasteiger partial charge < -0.3 is 10.0 Å². The zero-order valence-corrected chi connectivity index (χ0v) is 12.8. The van der Waals surface area contributed by atoms with Crippen molar-refractivity contribution >= 4 is 29.3 Å². The van der Waals surface area contributed by atoms with Crippen LogP contribution in [0.3, 0.4) is 0 Å². The first-order valence-corrected chi connectivity index (χ1v) is 6.94. The minimum atomic E-state index is -0.952. The molecule has 6 heteroatoms. The molecule has 1 N–H and O–H groups in total. The number of carbonyl (C=O) groups excluding carboxylic acids is 2. The van der Waals surface area contributed by atoms with Crippen LogP contribution in [0, 0.1) is 5.92 Å². The van der Waals surface area contributed by atoms with Crippen molar-refractivity contribution in [1.82, 2.24) is 4.90 Å². The van der Waals surface area contributed by atoms with Crippen molar-refractivity contribution in [3.63, 3.8) is 0 Å². The second-order valence-corrected chi connectivity index (χ2v) is 5.38. The maximum Gasteiger partial charge on any atom is 0.308 e. The minimum absolute atomic E-state index is 0.0598. The Kier molecular flexibility index (Phi) is 6.37. The lowest BCUT2D eigenvalue weighted by molar-refractivity contribution is -0.142. The fraction of sp³-hybridized carbons (Fsp3) is 0.400. The molecule has 1 unspecified atom stereocenters. The summed E-state index contributed by atoms with van der Waals surface area (Å²) in [7, 11) is 1.54. The third-order valence-electron chi connectivity index (χ3n) is 3.13. The summed E-state index contributed by atoms with van der Waals surface area (Å²) < 4.78 is 0. The first-order chi connectivity index (χ1) is 9.81. The molecule has 0 saturated heterocycles. The number of rotatable bonds is 7. The van der Waals surface area contributed by atoms with E-state index < -0.39 is 11.9 Å². The Labute approximate surface area is 128 Å². The molecule has 0 fully saturated rings. The van der Waals surface area contributed by atoms with Gasteiger partial charge in [-0.1, -0.05) is 18.5 Å². The highest BCUT2D eigenvalue weighted by molar-refractivity contribution is 6.30. The monoisotopic (exact) mass is 311 g/mol. The fourth-order valence-corrected chi connectivity index (χ4v) is 1.91. The Hall–Kier alpha value is -1.88. The van der Waals surface area contributed by atoms with Crippen LogP contribution in [0.15, 0.2) is 24.3 Å². The van der Waals surface area contributed by atoms with Crippen LogP contribution in [0.4, 0.5) is 0 Å². The van der Waals surface area contributed by atoms with Crippen LogP contribution < -0.4 is 0 Å². The number of halogens is 1. The Morgan fingerprint density at radius 3 is 2.29 bits per heavy atom. The summed E-state index contributed by atoms with van der Waals surface area (Å²) >= 11 is 5.74. The van der Waals surface area contributed by atoms with Gasteiger partial charge in [-0.05, 0) is 24.3 Å². The van der Waals surface area contributed by atoms with Gasteiger partial charge >= 0.3 is 5.97 Å². The number of benzene rings is 1. The van der Waals surface area contributed by atoms with E-state index in [1.165, 1.54) is 18.9 Å². The van der Waals surface area contributed by atoms with E-state index in [0.29, 0.717) is 10.6 Å². The van der Waals surface area contributed by atoms with Crippen LogP contribution in [-0.4, -0.2) is 41.3 Å². The van der Waals surface area contributed by atoms with Crippen molar-refractivity contribution in [2.24, 2.45) is 5.92 Å². The minimum Gasteiger partial charge on any atom is -0.481 e. The number of carbonyl (C=O) groups is 3. The van der Waals surface area contributed by atoms with E-state index in [1.807, 2.05) is 0 Å². The number of Topliss-reactive ketones (excluding diaryl/α,β-unsaturated/α-hetero) is 1. The van der Waals surface area contributed by atoms with Crippen LogP contribution in [-0.2, 0) is 9.59 Å². The standard InChI is InChI=1S/C15H18ClNO4/c1-10(15(20)21)9-17(2)14(19)8-7-13(18)11-3-5-12(16)6-4-11/h3-6,10H,7-9H2,1-2H3,(H,20,21). The molecule has 114 valence electrons. The van der Waals surface area contributed by atoms with Gasteiger partial charge in [0.2, 0.25) is 5.91 Å². The highest BCUT2D eigenvalue weighted by Crippen LogP contribution is 2.12. The van der Waals surface area contributed by atoms with Crippen molar-refractivity contribution in [2.45, 2.75) is 19.8 Å². The molecule has 1 rings (SSSR count). The highest BCUT2D eigenvalue weighted by Gasteiger charge is 2.18. The second kappa shape index (κ2) is 7.78. The quantitative estimate of drug-likeness (QED) is 0.785. The average Bonchev–Trinajstić information content (AvgIpc) is 2.44. The maximum absolute atomic E-state index is 11.9. The molecule has 1 amide bonds. The summed E-state index contributed by atoms with van der Waals surface area (Å²) in [6, 6.07) is 6.48. The first-order valence-electron chi connectivity index (χ1n) is 6.56. The molecule has 0 aliphatic heterocycles. The van der Waals surface area contributed by atoms with E-state index in [-0.39, 0.29) is 31.1 Å². The Morgan fingerprint density at radius 1 is 1.19 bits per heavy atom. The molecule has 0 aromatic heterocycles. The van der Waals surface area contributed by atoms with Crippen molar-refractivity contribution < 1.29 is 19.5 Å². The molecular weight excluding hydrogens is 294 g/mol. The topological polar surface area (TPSA) is 74.7 Å². The number of hydrogen-bond acceptors (Lipinski definition) is 3. The summed E-state index contributed by atoms with van der Waals surface area (Å²) in [4.78, 5) is 35.8. The van der Waals surface area contributed by atoms with E-state index in [0.717, 1.165) is 0 Å². The van der Waals surface area contributed by atoms with Crippen molar-refractivity contribution in [3.05, 3.63) is 34.9 Å². The summed E-state index contributed by atoms with van der Waals surface area (Å²) in [5.74, 6) is -1.97. The largest absolute Gasteiger partial charge is 0.481 e. The van der Waals surface area contributed by atoms with Crippen LogP contribution >= 0.6 is 11.6 Å². The second-order valence-electron chi connectivity index (χ2n) is 4.94. The molecule has 0 heterocycles. The van der Waals surface area contributed by atoms with E-state index in [1.54, 1.807) is 24.3 Å². The molecule has 0 radical (unpaired) electrons. The zero-order valence-electron chi connectivity index (χ0n) is 12.0. The normalized spacial score (nSPS) is 11.8. The number of carboxylic acids is 1. The maximum atomic E-state index is 11.9. The number of amides is 1. The van der Waals surface area contributed by atoms with Crippen LogP contribution in [0.5, 0.6) is 0 Å². The van der Waals surface area contributed by atoms with Gasteiger partial charge in [0, 0.05) is 37.0 Å². The Morgan fingerprint density at radius 2 is 1.76 bits per heavy atom. The molecular formula is C15H18ClNO4. The molecule has 0 aliphatic carbocycles. The van der Waals surface area contributed by atoms with Gasteiger partial charge in [0.15, 0.2) is 5.78 Å². The SMILES string of the molecule is CC(CN(C)C(=O)CCC(=O)c1ccc(Cl)cc1)C(=O)O. The van der Waals surface area contributed by atoms with Gasteiger partial charge in [-0.15, -0.1) is 0 Å². The smallest absolute Gasteiger partial charge is 0.308 e. The predicted molar refractivity (Wildman–Crippen MR) is 79.5 cm³/mol. The predicted octanol–water partition coefficient (Wildman–Crippen LogP) is 2.48. The lowest BCUT2D eigenvalue weighted by Crippen LogP contribution is -2.33. The molecule has 0 spiro atoms. The van der Waals surface area contributed by atoms with Crippen molar-refractivity contribution in [1.29, 1.82) is 0 Å². The third kappa shape index (κ3) is 5.55. The molecule has 0 saturated carbocycles. The van der Waals surface area contributed by atoms with E-state index >= 15 is 0 Å². The van der Waals surface area contributed by atoms with Crippen LogP contribution in [0.25, 0.3) is 0 Å². The van der Waals surface area contributed by atoms with E-state index in [4.69, 9.17) is 16.7 Å². The van der Waals surface area contributed by atoms with Gasteiger partial charge in [-0.2, -0.15) is 0 Å². The first kappa shape index (κ1) is 17.2. The molecule has 0 bridgehead atoms. The summed E-state index contributed by atoms with van der Waals surface area (Å²) in [5.41, 5.74) is 0.508. The zero-order chi connectivity index (χ0) is 16.0. The molecule has 5 nitrogen and oxygen atoms in total. The van der Waals surface area contributed by atoms with Gasteiger partial charge in [0.1, 0.15) is 0 Å². The van der Waals surface area contributed by atoms with Crippen molar-refractivity contribution in [3.8, 4) is 0 Å². The number of ketones is 1. The summed E-state index contributed by atoms with van der Waals surface area (Å²) in [6.45, 7) is 1.66. The van der Waals surface area contributed by atoms with Crippen LogP contribution in [0.2, 0.25) is 5.02 Å². The lowest BCUT2D eigenvalue weighted by atomic mass is 10.1. The molecule has 1 aromatic carbocycles. The number of carboxylic acid groups (broad SMARTS) is 1. The average molecular weight is 312 g/mol. The molecule has 1 aromatic rings. The number of nitrogens with zero attached hydrogens (tertiary/aromatic N) is 1. The van der Waals surface area contributed by atoms with E-state index in [9.17, 15) is 14.4 Å². The third-order valence-corrected chi connectivity index (χ3v) is 3.38. The highest BCUT2D eigenvalue weighted by atomic mass is 35.5. The lowest BCUT2D eigenvalue weighted by Gasteiger charge is -2.19. The van der Waals surface area contributed by atoms with Crippen LogP contribution in [0.1, 0.15) is 30.1 Å². The Bertz CT molecular complexity index is 527. The van der Waals surface area contributed by atoms with Gasteiger partial charge in [0.25, 0.3) is 0 Å². The Balaban J connectivity index is 2.47.